The van der Waals surface area contributed by atoms with Gasteiger partial charge in [0.05, 0.1) is 0 Å². The van der Waals surface area contributed by atoms with Gasteiger partial charge in [-0.05, 0) is 28.9 Å². The molecule has 4 rings (SSSR count). The SMILES string of the molecule is CC(C)(C)c1ccc(-c2cccc3[cH-]c(CC4CCCCC4)cc23)cc1.[Cl][Zr][Cl]. The molecule has 0 bridgehead atoms. The van der Waals surface area contributed by atoms with Crippen molar-refractivity contribution >= 4 is 27.8 Å². The molecule has 1 saturated carbocycles. The standard InChI is InChI=1S/C26H31.2ClH.Zr/c1-26(2,3)23-14-12-21(13-15-23)24-11-7-10-22-17-20(18-25(22)24)16-19-8-5-4-6-9-19;;;/h7,10-15,17-19H,4-6,8-9,16H2,1-3H3;2*1H;/q-1;;;+2/p-2. The first-order valence-corrected chi connectivity index (χ1v) is 17.0. The molecule has 0 aliphatic heterocycles. The summed E-state index contributed by atoms with van der Waals surface area (Å²) >= 11 is -0.826. The van der Waals surface area contributed by atoms with Crippen molar-refractivity contribution in [3.05, 3.63) is 65.7 Å². The van der Waals surface area contributed by atoms with E-state index >= 15 is 0 Å². The zero-order chi connectivity index (χ0) is 20.9. The van der Waals surface area contributed by atoms with Crippen LogP contribution >= 0.6 is 17.0 Å². The molecule has 1 fully saturated rings. The van der Waals surface area contributed by atoms with Gasteiger partial charge in [-0.2, -0.15) is 6.07 Å². The fraction of sp³-hybridized carbons (Fsp3) is 0.423. The summed E-state index contributed by atoms with van der Waals surface area (Å²) in [7, 11) is 9.87. The predicted octanol–water partition coefficient (Wildman–Crippen LogP) is 9.02. The van der Waals surface area contributed by atoms with Gasteiger partial charge in [0.2, 0.25) is 0 Å². The molecule has 0 spiro atoms. The Labute approximate surface area is 195 Å². The van der Waals surface area contributed by atoms with Crippen LogP contribution in [0.4, 0.5) is 0 Å². The van der Waals surface area contributed by atoms with Crippen molar-refractivity contribution in [1.82, 2.24) is 0 Å². The summed E-state index contributed by atoms with van der Waals surface area (Å²) < 4.78 is 0. The van der Waals surface area contributed by atoms with Crippen LogP contribution in [0.5, 0.6) is 0 Å². The van der Waals surface area contributed by atoms with E-state index in [9.17, 15) is 0 Å². The van der Waals surface area contributed by atoms with Gasteiger partial charge in [0.25, 0.3) is 0 Å². The van der Waals surface area contributed by atoms with Crippen LogP contribution < -0.4 is 0 Å². The molecule has 0 atom stereocenters. The van der Waals surface area contributed by atoms with E-state index in [1.807, 2.05) is 0 Å². The van der Waals surface area contributed by atoms with Gasteiger partial charge in [-0.15, -0.1) is 34.5 Å². The van der Waals surface area contributed by atoms with Crippen molar-refractivity contribution in [2.75, 3.05) is 0 Å². The summed E-state index contributed by atoms with van der Waals surface area (Å²) in [5, 5.41) is 2.81. The van der Waals surface area contributed by atoms with Gasteiger partial charge in [0, 0.05) is 0 Å². The van der Waals surface area contributed by atoms with Crippen LogP contribution in [0.1, 0.15) is 64.0 Å². The molecule has 29 heavy (non-hydrogen) atoms. The van der Waals surface area contributed by atoms with Crippen molar-refractivity contribution in [3.63, 3.8) is 0 Å². The molecule has 0 amide bonds. The topological polar surface area (TPSA) is 0 Å². The molecule has 0 unspecified atom stereocenters. The fourth-order valence-corrected chi connectivity index (χ4v) is 4.54. The molecule has 0 aromatic heterocycles. The van der Waals surface area contributed by atoms with Crippen LogP contribution in [-0.2, 0) is 32.7 Å². The molecule has 1 aliphatic rings. The van der Waals surface area contributed by atoms with Gasteiger partial charge in [-0.25, -0.2) is 0 Å². The average molecular weight is 506 g/mol. The summed E-state index contributed by atoms with van der Waals surface area (Å²) in [6, 6.07) is 20.8. The van der Waals surface area contributed by atoms with Crippen LogP contribution in [0.15, 0.2) is 54.6 Å². The van der Waals surface area contributed by atoms with E-state index < -0.39 is 20.8 Å². The Morgan fingerprint density at radius 1 is 0.966 bits per heavy atom. The first-order chi connectivity index (χ1) is 13.9. The number of benzene rings is 2. The summed E-state index contributed by atoms with van der Waals surface area (Å²) in [5.74, 6) is 0.898. The van der Waals surface area contributed by atoms with Gasteiger partial charge in [0.1, 0.15) is 0 Å². The quantitative estimate of drug-likeness (QED) is 0.312. The van der Waals surface area contributed by atoms with E-state index in [-0.39, 0.29) is 5.41 Å². The third-order valence-corrected chi connectivity index (χ3v) is 6.12. The predicted molar refractivity (Wildman–Crippen MR) is 126 cm³/mol. The van der Waals surface area contributed by atoms with Gasteiger partial charge >= 0.3 is 37.9 Å². The molecule has 3 aromatic rings. The number of hydrogen-bond acceptors (Lipinski definition) is 0. The van der Waals surface area contributed by atoms with Crippen molar-refractivity contribution in [1.29, 1.82) is 0 Å². The molecule has 0 N–H and O–H groups in total. The van der Waals surface area contributed by atoms with E-state index in [1.54, 1.807) is 0 Å². The first-order valence-electron chi connectivity index (χ1n) is 10.7. The van der Waals surface area contributed by atoms with Crippen molar-refractivity contribution in [2.24, 2.45) is 5.92 Å². The van der Waals surface area contributed by atoms with E-state index in [0.29, 0.717) is 0 Å². The first kappa shape index (κ1) is 23.2. The molecule has 154 valence electrons. The van der Waals surface area contributed by atoms with Gasteiger partial charge in [-0.3, -0.25) is 0 Å². The van der Waals surface area contributed by atoms with Gasteiger partial charge in [-0.1, -0.05) is 88.8 Å². The van der Waals surface area contributed by atoms with Crippen LogP contribution in [0, 0.1) is 5.92 Å². The summed E-state index contributed by atoms with van der Waals surface area (Å²) in [5.41, 5.74) is 5.84. The molecular formula is C26H31Cl2Zr-. The molecule has 3 aromatic carbocycles. The van der Waals surface area contributed by atoms with Gasteiger partial charge in [0.15, 0.2) is 0 Å². The number of fused-ring (bicyclic) bond motifs is 1. The van der Waals surface area contributed by atoms with Crippen molar-refractivity contribution < 1.29 is 20.8 Å². The zero-order valence-corrected chi connectivity index (χ0v) is 21.7. The van der Waals surface area contributed by atoms with Gasteiger partial charge < -0.3 is 0 Å². The fourth-order valence-electron chi connectivity index (χ4n) is 4.54. The van der Waals surface area contributed by atoms with E-state index in [0.717, 1.165) is 5.92 Å². The summed E-state index contributed by atoms with van der Waals surface area (Å²) in [6.45, 7) is 6.83. The molecular weight excluding hydrogens is 474 g/mol. The number of rotatable bonds is 3. The minimum atomic E-state index is -0.826. The Morgan fingerprint density at radius 2 is 1.62 bits per heavy atom. The van der Waals surface area contributed by atoms with Crippen LogP contribution in [0.25, 0.3) is 21.9 Å². The Morgan fingerprint density at radius 3 is 2.24 bits per heavy atom. The van der Waals surface area contributed by atoms with E-state index in [2.05, 4.69) is 75.4 Å². The second kappa shape index (κ2) is 10.7. The molecule has 0 radical (unpaired) electrons. The Kier molecular flexibility index (Phi) is 8.55. The molecule has 0 saturated heterocycles. The Bertz CT molecular complexity index is 897. The minimum absolute atomic E-state index is 0.206. The average Bonchev–Trinajstić information content (AvgIpc) is 3.11. The normalized spacial score (nSPS) is 15.1. The molecule has 1 aliphatic carbocycles. The second-order valence-corrected chi connectivity index (χ2v) is 13.0. The maximum absolute atomic E-state index is 4.93. The molecule has 3 heteroatoms. The van der Waals surface area contributed by atoms with Crippen LogP contribution in [-0.4, -0.2) is 0 Å². The third kappa shape index (κ3) is 6.25. The second-order valence-electron chi connectivity index (χ2n) is 9.28. The third-order valence-electron chi connectivity index (χ3n) is 6.12. The van der Waals surface area contributed by atoms with E-state index in [1.165, 1.54) is 71.6 Å². The van der Waals surface area contributed by atoms with Crippen LogP contribution in [0.3, 0.4) is 0 Å². The zero-order valence-electron chi connectivity index (χ0n) is 17.8. The molecule has 0 heterocycles. The Hall–Kier alpha value is -0.487. The number of hydrogen-bond donors (Lipinski definition) is 0. The van der Waals surface area contributed by atoms with Crippen molar-refractivity contribution in [2.45, 2.75) is 64.7 Å². The molecule has 0 nitrogen and oxygen atoms in total. The Balaban J connectivity index is 0.000000755. The van der Waals surface area contributed by atoms with Crippen LogP contribution in [0.2, 0.25) is 0 Å². The monoisotopic (exact) mass is 503 g/mol. The summed E-state index contributed by atoms with van der Waals surface area (Å²) in [6.07, 6.45) is 8.39. The maximum atomic E-state index is 4.93. The number of halogens is 2. The summed E-state index contributed by atoms with van der Waals surface area (Å²) in [4.78, 5) is 0. The van der Waals surface area contributed by atoms with Crippen molar-refractivity contribution in [3.8, 4) is 11.1 Å². The van der Waals surface area contributed by atoms with E-state index in [4.69, 9.17) is 17.0 Å².